The lowest BCUT2D eigenvalue weighted by Gasteiger charge is -2.46. The van der Waals surface area contributed by atoms with Crippen molar-refractivity contribution in [3.05, 3.63) is 0 Å². The summed E-state index contributed by atoms with van der Waals surface area (Å²) in [7, 11) is 0. The van der Waals surface area contributed by atoms with Crippen LogP contribution in [0.25, 0.3) is 0 Å². The van der Waals surface area contributed by atoms with E-state index < -0.39 is 0 Å². The zero-order chi connectivity index (χ0) is 12.3. The van der Waals surface area contributed by atoms with Gasteiger partial charge < -0.3 is 0 Å². The summed E-state index contributed by atoms with van der Waals surface area (Å²) in [5, 5.41) is 0. The minimum absolute atomic E-state index is 1.02. The van der Waals surface area contributed by atoms with Gasteiger partial charge in [0.05, 0.1) is 0 Å². The topological polar surface area (TPSA) is 0 Å². The van der Waals surface area contributed by atoms with Crippen molar-refractivity contribution < 1.29 is 0 Å². The molecule has 0 aromatic heterocycles. The molecule has 17 heavy (non-hydrogen) atoms. The number of rotatable bonds is 5. The maximum atomic E-state index is 2.52. The summed E-state index contributed by atoms with van der Waals surface area (Å²) in [5.41, 5.74) is 0. The van der Waals surface area contributed by atoms with Crippen LogP contribution in [0.15, 0.2) is 0 Å². The Morgan fingerprint density at radius 1 is 1.00 bits per heavy atom. The zero-order valence-electron chi connectivity index (χ0n) is 12.3. The average Bonchev–Trinajstić information content (AvgIpc) is 2.33. The van der Waals surface area contributed by atoms with Crippen LogP contribution in [-0.4, -0.2) is 6.71 Å². The summed E-state index contributed by atoms with van der Waals surface area (Å²) in [4.78, 5) is 0. The molecule has 98 valence electrons. The van der Waals surface area contributed by atoms with Gasteiger partial charge in [0.2, 0.25) is 0 Å². The van der Waals surface area contributed by atoms with Crippen molar-refractivity contribution in [3.63, 3.8) is 0 Å². The monoisotopic (exact) mass is 234 g/mol. The smallest absolute Gasteiger partial charge is 0.0739 e. The van der Waals surface area contributed by atoms with Crippen LogP contribution in [0.2, 0.25) is 18.5 Å². The Morgan fingerprint density at radius 2 is 1.82 bits per heavy atom. The van der Waals surface area contributed by atoms with Crippen LogP contribution in [0.1, 0.15) is 65.7 Å². The van der Waals surface area contributed by atoms with E-state index in [-0.39, 0.29) is 0 Å². The van der Waals surface area contributed by atoms with Gasteiger partial charge in [-0.1, -0.05) is 77.8 Å². The molecule has 2 bridgehead atoms. The van der Waals surface area contributed by atoms with E-state index in [1.165, 1.54) is 44.8 Å². The standard InChI is InChI=1S/C16H31B/c1-4-5-6-7-10-17-12-14(3)15-9-8-13(2)16(17)11-15/h13-16H,4-12H2,1-3H3. The van der Waals surface area contributed by atoms with E-state index in [0.29, 0.717) is 0 Å². The van der Waals surface area contributed by atoms with E-state index in [4.69, 9.17) is 0 Å². The van der Waals surface area contributed by atoms with Crippen LogP contribution in [0.3, 0.4) is 0 Å². The van der Waals surface area contributed by atoms with Crippen LogP contribution in [0.4, 0.5) is 0 Å². The second kappa shape index (κ2) is 6.30. The predicted octanol–water partition coefficient (Wildman–Crippen LogP) is 5.52. The molecule has 2 aliphatic rings. The normalized spacial score (nSPS) is 37.2. The molecule has 4 unspecified atom stereocenters. The molecule has 0 aromatic rings. The average molecular weight is 234 g/mol. The molecule has 1 heteroatoms. The minimum Gasteiger partial charge on any atom is -0.0739 e. The highest BCUT2D eigenvalue weighted by molar-refractivity contribution is 6.60. The predicted molar refractivity (Wildman–Crippen MR) is 78.9 cm³/mol. The van der Waals surface area contributed by atoms with Crippen LogP contribution < -0.4 is 0 Å². The first-order valence-corrected chi connectivity index (χ1v) is 8.22. The number of unbranched alkanes of at least 4 members (excludes halogenated alkanes) is 3. The van der Waals surface area contributed by atoms with E-state index in [1.54, 1.807) is 12.7 Å². The molecule has 0 radical (unpaired) electrons. The van der Waals surface area contributed by atoms with E-state index in [9.17, 15) is 0 Å². The molecule has 0 N–H and O–H groups in total. The van der Waals surface area contributed by atoms with E-state index >= 15 is 0 Å². The fourth-order valence-corrected chi connectivity index (χ4v) is 4.57. The third-order valence-electron chi connectivity index (χ3n) is 5.81. The van der Waals surface area contributed by atoms with Gasteiger partial charge in [0.1, 0.15) is 6.71 Å². The largest absolute Gasteiger partial charge is 0.143 e. The van der Waals surface area contributed by atoms with E-state index in [1.807, 2.05) is 0 Å². The maximum Gasteiger partial charge on any atom is 0.143 e. The fourth-order valence-electron chi connectivity index (χ4n) is 4.57. The molecular weight excluding hydrogens is 203 g/mol. The lowest BCUT2D eigenvalue weighted by atomic mass is 9.28. The Hall–Kier alpha value is 0.0649. The van der Waals surface area contributed by atoms with Crippen molar-refractivity contribution in [2.45, 2.75) is 84.2 Å². The molecule has 1 heterocycles. The Bertz CT molecular complexity index is 226. The number of hydrogen-bond donors (Lipinski definition) is 0. The third kappa shape index (κ3) is 3.29. The maximum absolute atomic E-state index is 2.52. The van der Waals surface area contributed by atoms with Crippen molar-refractivity contribution in [2.24, 2.45) is 17.8 Å². The Labute approximate surface area is 109 Å². The van der Waals surface area contributed by atoms with Gasteiger partial charge in [-0.25, -0.2) is 0 Å². The van der Waals surface area contributed by atoms with Gasteiger partial charge in [-0.15, -0.1) is 0 Å². The fraction of sp³-hybridized carbons (Fsp3) is 1.00. The van der Waals surface area contributed by atoms with Crippen LogP contribution in [0.5, 0.6) is 0 Å². The summed E-state index contributed by atoms with van der Waals surface area (Å²) >= 11 is 0. The molecule has 0 spiro atoms. The van der Waals surface area contributed by atoms with Gasteiger partial charge in [-0.2, -0.15) is 0 Å². The first-order chi connectivity index (χ1) is 8.22. The first kappa shape index (κ1) is 13.5. The lowest BCUT2D eigenvalue weighted by molar-refractivity contribution is 0.211. The molecule has 2 fully saturated rings. The van der Waals surface area contributed by atoms with Gasteiger partial charge in [0, 0.05) is 0 Å². The molecule has 1 saturated carbocycles. The van der Waals surface area contributed by atoms with E-state index in [0.717, 1.165) is 30.3 Å². The second-order valence-corrected chi connectivity index (χ2v) is 7.04. The van der Waals surface area contributed by atoms with Crippen molar-refractivity contribution in [3.8, 4) is 0 Å². The summed E-state index contributed by atoms with van der Waals surface area (Å²) in [6.07, 6.45) is 13.5. The molecule has 1 saturated heterocycles. The zero-order valence-corrected chi connectivity index (χ0v) is 12.3. The van der Waals surface area contributed by atoms with Gasteiger partial charge in [-0.3, -0.25) is 0 Å². The van der Waals surface area contributed by atoms with Crippen LogP contribution in [0, 0.1) is 17.8 Å². The first-order valence-electron chi connectivity index (χ1n) is 8.22. The lowest BCUT2D eigenvalue weighted by Crippen LogP contribution is -2.40. The summed E-state index contributed by atoms with van der Waals surface area (Å²) in [6.45, 7) is 8.44. The summed E-state index contributed by atoms with van der Waals surface area (Å²) in [6, 6.07) is 0. The molecule has 0 nitrogen and oxygen atoms in total. The third-order valence-corrected chi connectivity index (χ3v) is 5.81. The van der Waals surface area contributed by atoms with Crippen LogP contribution >= 0.6 is 0 Å². The minimum atomic E-state index is 1.02. The molecule has 0 amide bonds. The molecule has 1 aliphatic heterocycles. The van der Waals surface area contributed by atoms with Crippen molar-refractivity contribution >= 4 is 6.71 Å². The van der Waals surface area contributed by atoms with E-state index in [2.05, 4.69) is 20.8 Å². The Morgan fingerprint density at radius 3 is 2.59 bits per heavy atom. The van der Waals surface area contributed by atoms with Crippen molar-refractivity contribution in [1.29, 1.82) is 0 Å². The summed E-state index contributed by atoms with van der Waals surface area (Å²) < 4.78 is 0. The highest BCUT2D eigenvalue weighted by atomic mass is 14.4. The number of hydrogen-bond acceptors (Lipinski definition) is 0. The number of fused-ring (bicyclic) bond motifs is 2. The molecule has 1 aliphatic carbocycles. The highest BCUT2D eigenvalue weighted by Gasteiger charge is 2.41. The van der Waals surface area contributed by atoms with Crippen LogP contribution in [-0.2, 0) is 0 Å². The summed E-state index contributed by atoms with van der Waals surface area (Å²) in [5.74, 6) is 4.22. The van der Waals surface area contributed by atoms with Crippen molar-refractivity contribution in [2.75, 3.05) is 0 Å². The second-order valence-electron chi connectivity index (χ2n) is 7.04. The Kier molecular flexibility index (Phi) is 5.00. The van der Waals surface area contributed by atoms with Gasteiger partial charge in [-0.05, 0) is 24.2 Å². The quantitative estimate of drug-likeness (QED) is 0.434. The Balaban J connectivity index is 1.83. The van der Waals surface area contributed by atoms with Gasteiger partial charge >= 0.3 is 0 Å². The SMILES string of the molecule is CCCCCCB1CC(C)C2CCC(C)C1C2. The molecule has 4 atom stereocenters. The van der Waals surface area contributed by atoms with Gasteiger partial charge in [0.15, 0.2) is 0 Å². The molecule has 2 rings (SSSR count). The van der Waals surface area contributed by atoms with Crippen molar-refractivity contribution in [1.82, 2.24) is 0 Å². The molecular formula is C16H31B. The molecule has 0 aromatic carbocycles. The highest BCUT2D eigenvalue weighted by Crippen LogP contribution is 2.50. The van der Waals surface area contributed by atoms with Gasteiger partial charge in [0.25, 0.3) is 0 Å².